The lowest BCUT2D eigenvalue weighted by molar-refractivity contribution is 0.0722. The average molecular weight is 739 g/mol. The number of benzene rings is 2. The van der Waals surface area contributed by atoms with E-state index in [2.05, 4.69) is 19.6 Å². The predicted molar refractivity (Wildman–Crippen MR) is 200 cm³/mol. The van der Waals surface area contributed by atoms with Gasteiger partial charge in [-0.05, 0) is 93.5 Å². The van der Waals surface area contributed by atoms with Crippen LogP contribution in [0.3, 0.4) is 0 Å². The van der Waals surface area contributed by atoms with E-state index < -0.39 is 6.17 Å². The Morgan fingerprint density at radius 2 is 1.83 bits per heavy atom. The molecule has 13 heteroatoms. The highest BCUT2D eigenvalue weighted by Crippen LogP contribution is 2.43. The average Bonchev–Trinajstić information content (AvgIpc) is 3.99. The predicted octanol–water partition coefficient (Wildman–Crippen LogP) is 5.93. The monoisotopic (exact) mass is 738 g/mol. The van der Waals surface area contributed by atoms with Gasteiger partial charge in [0.05, 0.1) is 30.0 Å². The number of aryl methyl sites for hydroxylation is 2. The van der Waals surface area contributed by atoms with Gasteiger partial charge in [0.1, 0.15) is 30.2 Å². The highest BCUT2D eigenvalue weighted by Gasteiger charge is 2.49. The molecule has 2 bridgehead atoms. The van der Waals surface area contributed by atoms with Crippen molar-refractivity contribution in [1.82, 2.24) is 29.5 Å². The molecular weight excluding hydrogens is 690 g/mol. The molecule has 11 nitrogen and oxygen atoms in total. The van der Waals surface area contributed by atoms with Crippen molar-refractivity contribution >= 4 is 28.2 Å². The molecule has 0 unspecified atom stereocenters. The summed E-state index contributed by atoms with van der Waals surface area (Å²) in [7, 11) is 0. The van der Waals surface area contributed by atoms with Crippen molar-refractivity contribution in [2.24, 2.45) is 0 Å². The number of phenols is 1. The summed E-state index contributed by atoms with van der Waals surface area (Å²) in [5.41, 5.74) is 4.42. The number of halogens is 2. The van der Waals surface area contributed by atoms with Gasteiger partial charge >= 0.3 is 6.01 Å². The molecule has 4 aromatic rings. The van der Waals surface area contributed by atoms with Gasteiger partial charge in [0.15, 0.2) is 5.69 Å². The summed E-state index contributed by atoms with van der Waals surface area (Å²) in [4.78, 5) is 32.6. The smallest absolute Gasteiger partial charge is 0.318 e. The molecule has 6 aliphatic heterocycles. The molecule has 0 radical (unpaired) electrons. The molecule has 10 rings (SSSR count). The quantitative estimate of drug-likeness (QED) is 0.247. The fourth-order valence-electron chi connectivity index (χ4n) is 10.8. The molecular formula is C41H48F2N8O3. The lowest BCUT2D eigenvalue weighted by Crippen LogP contribution is -2.43. The standard InChI is InChI=1S/C41H48F2N8O3/c1-2-31-33(43)10-5-25-17-30(52)19-36(37(25)31)47-16-11-32-35(23-47)44-40(54-24-41-12-3-14-49(41)21-26(42)20-41)45-38(32)48-13-4-15-50-29(22-48)18-34(46-50)39(53)51-27-6-7-28(51)9-8-27/h5,10,17-19,26-28,52H,2-4,6-9,11-16,20-24H2,1H3/t26-,27?,28?,41+/m1/s1. The number of carbonyl (C=O) groups is 1. The molecule has 0 spiro atoms. The largest absolute Gasteiger partial charge is 0.508 e. The van der Waals surface area contributed by atoms with Crippen LogP contribution in [0.25, 0.3) is 10.8 Å². The second kappa shape index (κ2) is 13.1. The normalized spacial score (nSPS) is 26.4. The Kier molecular flexibility index (Phi) is 8.22. The van der Waals surface area contributed by atoms with E-state index in [0.29, 0.717) is 81.9 Å². The summed E-state index contributed by atoms with van der Waals surface area (Å²) in [5.74, 6) is 0.737. The molecule has 8 heterocycles. The van der Waals surface area contributed by atoms with Gasteiger partial charge in [-0.15, -0.1) is 0 Å². The first-order chi connectivity index (χ1) is 26.3. The number of hydrogen-bond donors (Lipinski definition) is 1. The number of carbonyl (C=O) groups excluding carboxylic acids is 1. The maximum Gasteiger partial charge on any atom is 0.318 e. The van der Waals surface area contributed by atoms with E-state index in [1.807, 2.05) is 17.7 Å². The van der Waals surface area contributed by atoms with Crippen LogP contribution in [-0.2, 0) is 32.5 Å². The summed E-state index contributed by atoms with van der Waals surface area (Å²) < 4.78 is 38.4. The van der Waals surface area contributed by atoms with Crippen LogP contribution in [0.4, 0.5) is 20.3 Å². The number of amides is 1. The van der Waals surface area contributed by atoms with Gasteiger partial charge in [-0.2, -0.15) is 15.1 Å². The van der Waals surface area contributed by atoms with E-state index in [9.17, 15) is 14.3 Å². The fourth-order valence-corrected chi connectivity index (χ4v) is 10.8. The third kappa shape index (κ3) is 5.59. The van der Waals surface area contributed by atoms with Crippen LogP contribution >= 0.6 is 0 Å². The van der Waals surface area contributed by atoms with Crippen molar-refractivity contribution in [3.63, 3.8) is 0 Å². The van der Waals surface area contributed by atoms with E-state index in [0.717, 1.165) is 97.3 Å². The van der Waals surface area contributed by atoms with Crippen molar-refractivity contribution < 1.29 is 23.4 Å². The third-order valence-corrected chi connectivity index (χ3v) is 13.3. The first-order valence-corrected chi connectivity index (χ1v) is 20.0. The van der Waals surface area contributed by atoms with Crippen LogP contribution < -0.4 is 14.5 Å². The van der Waals surface area contributed by atoms with E-state index in [1.165, 1.54) is 6.07 Å². The highest BCUT2D eigenvalue weighted by atomic mass is 19.1. The van der Waals surface area contributed by atoms with E-state index in [-0.39, 0.29) is 29.0 Å². The first kappa shape index (κ1) is 34.0. The van der Waals surface area contributed by atoms with Crippen molar-refractivity contribution in [3.05, 3.63) is 64.4 Å². The maximum absolute atomic E-state index is 15.2. The van der Waals surface area contributed by atoms with Gasteiger partial charge in [-0.3, -0.25) is 14.4 Å². The molecule has 1 N–H and O–H groups in total. The van der Waals surface area contributed by atoms with E-state index in [1.54, 1.807) is 18.2 Å². The van der Waals surface area contributed by atoms with Gasteiger partial charge in [0, 0.05) is 67.4 Å². The molecule has 284 valence electrons. The van der Waals surface area contributed by atoms with Crippen molar-refractivity contribution in [1.29, 1.82) is 0 Å². The first-order valence-electron chi connectivity index (χ1n) is 20.0. The molecule has 0 aliphatic carbocycles. The number of ether oxygens (including phenoxy) is 1. The number of rotatable bonds is 7. The van der Waals surface area contributed by atoms with Crippen LogP contribution in [-0.4, -0.2) is 97.1 Å². The van der Waals surface area contributed by atoms with E-state index >= 15 is 4.39 Å². The molecule has 2 atom stereocenters. The number of hydrogen-bond acceptors (Lipinski definition) is 9. The van der Waals surface area contributed by atoms with Crippen molar-refractivity contribution in [2.45, 2.75) is 115 Å². The topological polar surface area (TPSA) is 103 Å². The Morgan fingerprint density at radius 1 is 1.00 bits per heavy atom. The van der Waals surface area contributed by atoms with Crippen molar-refractivity contribution in [3.8, 4) is 11.8 Å². The van der Waals surface area contributed by atoms with Gasteiger partial charge in [-0.1, -0.05) is 13.0 Å². The summed E-state index contributed by atoms with van der Waals surface area (Å²) in [6, 6.07) is 9.55. The zero-order chi connectivity index (χ0) is 36.7. The molecule has 4 fully saturated rings. The van der Waals surface area contributed by atoms with Crippen molar-refractivity contribution in [2.75, 3.05) is 42.6 Å². The number of fused-ring (bicyclic) bond motifs is 6. The number of anilines is 2. The minimum atomic E-state index is -0.864. The highest BCUT2D eigenvalue weighted by molar-refractivity contribution is 5.98. The lowest BCUT2D eigenvalue weighted by atomic mass is 9.95. The van der Waals surface area contributed by atoms with Gasteiger partial charge in [0.25, 0.3) is 5.91 Å². The molecule has 1 amide bonds. The molecule has 2 aromatic carbocycles. The Bertz CT molecular complexity index is 2120. The molecule has 54 heavy (non-hydrogen) atoms. The zero-order valence-corrected chi connectivity index (χ0v) is 30.9. The lowest BCUT2D eigenvalue weighted by Gasteiger charge is -2.35. The molecule has 4 saturated heterocycles. The Morgan fingerprint density at radius 3 is 2.65 bits per heavy atom. The minimum Gasteiger partial charge on any atom is -0.508 e. The Hall–Kier alpha value is -4.52. The SMILES string of the molecule is CCc1c(F)ccc2cc(O)cc(N3CCc4c(nc(OC[C@@]56CCCN5C[C@H](F)C6)nc4N4CCCn5nc(C(=O)N6C7CCC6CC7)cc5C4)C3)c12. The van der Waals surface area contributed by atoms with Gasteiger partial charge in [0.2, 0.25) is 0 Å². The number of aromatic nitrogens is 4. The summed E-state index contributed by atoms with van der Waals surface area (Å²) >= 11 is 0. The summed E-state index contributed by atoms with van der Waals surface area (Å²) in [6.07, 6.45) is 7.83. The van der Waals surface area contributed by atoms with E-state index in [4.69, 9.17) is 19.8 Å². The third-order valence-electron chi connectivity index (χ3n) is 13.3. The van der Waals surface area contributed by atoms with Crippen LogP contribution in [0.1, 0.15) is 91.3 Å². The second-order valence-electron chi connectivity index (χ2n) is 16.4. The van der Waals surface area contributed by atoms with Gasteiger partial charge in [-0.25, -0.2) is 8.78 Å². The van der Waals surface area contributed by atoms with Crippen LogP contribution in [0.15, 0.2) is 30.3 Å². The van der Waals surface area contributed by atoms with Crippen LogP contribution in [0, 0.1) is 5.82 Å². The summed E-state index contributed by atoms with van der Waals surface area (Å²) in [5, 5.41) is 17.2. The van der Waals surface area contributed by atoms with Crippen LogP contribution in [0.5, 0.6) is 11.8 Å². The second-order valence-corrected chi connectivity index (χ2v) is 16.4. The minimum absolute atomic E-state index is 0.0515. The number of aromatic hydroxyl groups is 1. The Labute approximate surface area is 313 Å². The van der Waals surface area contributed by atoms with Gasteiger partial charge < -0.3 is 24.5 Å². The zero-order valence-electron chi connectivity index (χ0n) is 30.9. The summed E-state index contributed by atoms with van der Waals surface area (Å²) in [6.45, 7) is 6.63. The van der Waals surface area contributed by atoms with Crippen LogP contribution in [0.2, 0.25) is 0 Å². The number of nitrogens with zero attached hydrogens (tertiary/aromatic N) is 8. The fraction of sp³-hybridized carbons (Fsp3) is 0.561. The Balaban J connectivity index is 1.000. The number of alkyl halides is 1. The maximum atomic E-state index is 15.2. The molecule has 6 aliphatic rings. The number of phenolic OH excluding ortho intramolecular Hbond substituents is 1. The molecule has 0 saturated carbocycles. The molecule has 2 aromatic heterocycles.